The Hall–Kier alpha value is -3.56. The Labute approximate surface area is 234 Å². The molecular weight excluding hydrogens is 510 g/mol. The van der Waals surface area contributed by atoms with Crippen molar-refractivity contribution in [3.63, 3.8) is 0 Å². The van der Waals surface area contributed by atoms with Gasteiger partial charge in [0.1, 0.15) is 6.54 Å². The number of benzene rings is 2. The monoisotopic (exact) mass is 547 g/mol. The number of rotatable bonds is 10. The second kappa shape index (κ2) is 13.5. The van der Waals surface area contributed by atoms with E-state index in [2.05, 4.69) is 44.8 Å². The zero-order valence-electron chi connectivity index (χ0n) is 22.9. The second-order valence-corrected chi connectivity index (χ2v) is 11.2. The van der Waals surface area contributed by atoms with Gasteiger partial charge in [-0.3, -0.25) is 19.3 Å². The minimum atomic E-state index is -0.322. The molecule has 1 fully saturated rings. The maximum Gasteiger partial charge on any atom is 0.254 e. The molecular formula is C30H37N5O3S. The molecule has 2 N–H and O–H groups in total. The molecule has 3 aromatic rings. The molecule has 0 atom stereocenters. The van der Waals surface area contributed by atoms with Crippen LogP contribution in [-0.4, -0.2) is 64.2 Å². The first kappa shape index (κ1) is 28.4. The highest BCUT2D eigenvalue weighted by Gasteiger charge is 2.23. The first-order valence-corrected chi connectivity index (χ1v) is 14.3. The van der Waals surface area contributed by atoms with Crippen LogP contribution in [0, 0.1) is 6.92 Å². The topological polar surface area (TPSA) is 94.6 Å². The number of nitrogens with one attached hydrogen (secondary N) is 2. The zero-order chi connectivity index (χ0) is 27.8. The van der Waals surface area contributed by atoms with Gasteiger partial charge in [-0.05, 0) is 51.3 Å². The lowest BCUT2D eigenvalue weighted by molar-refractivity contribution is -0.121. The van der Waals surface area contributed by atoms with E-state index < -0.39 is 0 Å². The number of aryl methyl sites for hydroxylation is 1. The summed E-state index contributed by atoms with van der Waals surface area (Å²) < 4.78 is 0. The van der Waals surface area contributed by atoms with E-state index in [1.54, 1.807) is 17.5 Å². The lowest BCUT2D eigenvalue weighted by Gasteiger charge is -2.32. The molecule has 2 heterocycles. The van der Waals surface area contributed by atoms with Crippen LogP contribution in [0.2, 0.25) is 0 Å². The Morgan fingerprint density at radius 3 is 2.38 bits per heavy atom. The molecule has 0 radical (unpaired) electrons. The molecule has 1 aliphatic heterocycles. The molecule has 0 spiro atoms. The SMILES string of the molecule is Cc1ccc(C(=O)N(CC(=O)Nc2nc(CC(=O)NC3CCN(Cc4ccccc4)CC3)cs2)C(C)C)cc1. The highest BCUT2D eigenvalue weighted by molar-refractivity contribution is 7.13. The number of carbonyl (C=O) groups is 3. The van der Waals surface area contributed by atoms with E-state index in [1.807, 2.05) is 39.0 Å². The van der Waals surface area contributed by atoms with Crippen molar-refractivity contribution in [3.05, 3.63) is 82.4 Å². The molecule has 8 nitrogen and oxygen atoms in total. The fraction of sp³-hybridized carbons (Fsp3) is 0.400. The van der Waals surface area contributed by atoms with Crippen molar-refractivity contribution in [3.8, 4) is 0 Å². The van der Waals surface area contributed by atoms with Crippen LogP contribution in [0.1, 0.15) is 53.9 Å². The van der Waals surface area contributed by atoms with Crippen LogP contribution in [-0.2, 0) is 22.6 Å². The number of piperidine rings is 1. The van der Waals surface area contributed by atoms with Crippen LogP contribution in [0.25, 0.3) is 0 Å². The van der Waals surface area contributed by atoms with Crippen molar-refractivity contribution >= 4 is 34.2 Å². The lowest BCUT2D eigenvalue weighted by Crippen LogP contribution is -2.44. The number of carbonyl (C=O) groups excluding carboxylic acids is 3. The molecule has 2 aromatic carbocycles. The number of likely N-dealkylation sites (tertiary alicyclic amines) is 1. The van der Waals surface area contributed by atoms with E-state index in [0.29, 0.717) is 16.4 Å². The van der Waals surface area contributed by atoms with E-state index in [9.17, 15) is 14.4 Å². The van der Waals surface area contributed by atoms with Crippen molar-refractivity contribution in [1.82, 2.24) is 20.1 Å². The Morgan fingerprint density at radius 1 is 1.03 bits per heavy atom. The summed E-state index contributed by atoms with van der Waals surface area (Å²) in [5, 5.41) is 8.13. The van der Waals surface area contributed by atoms with E-state index in [-0.39, 0.29) is 42.8 Å². The normalized spacial score (nSPS) is 14.3. The van der Waals surface area contributed by atoms with Gasteiger partial charge in [0, 0.05) is 42.7 Å². The van der Waals surface area contributed by atoms with Gasteiger partial charge in [-0.1, -0.05) is 48.0 Å². The molecule has 1 aromatic heterocycles. The van der Waals surface area contributed by atoms with Crippen LogP contribution in [0.3, 0.4) is 0 Å². The molecule has 3 amide bonds. The Kier molecular flexibility index (Phi) is 9.84. The minimum Gasteiger partial charge on any atom is -0.353 e. The summed E-state index contributed by atoms with van der Waals surface area (Å²) in [6.45, 7) is 8.48. The Morgan fingerprint density at radius 2 is 1.72 bits per heavy atom. The lowest BCUT2D eigenvalue weighted by atomic mass is 10.0. The van der Waals surface area contributed by atoms with E-state index >= 15 is 0 Å². The molecule has 0 aliphatic carbocycles. The number of nitrogens with zero attached hydrogens (tertiary/aromatic N) is 3. The number of aromatic nitrogens is 1. The van der Waals surface area contributed by atoms with Gasteiger partial charge in [0.05, 0.1) is 12.1 Å². The van der Waals surface area contributed by atoms with Crippen LogP contribution >= 0.6 is 11.3 Å². The maximum atomic E-state index is 13.0. The average Bonchev–Trinajstić information content (AvgIpc) is 3.35. The summed E-state index contributed by atoms with van der Waals surface area (Å²) in [6.07, 6.45) is 2.01. The molecule has 0 saturated carbocycles. The van der Waals surface area contributed by atoms with Crippen LogP contribution in [0.15, 0.2) is 60.0 Å². The molecule has 4 rings (SSSR count). The highest BCUT2D eigenvalue weighted by atomic mass is 32.1. The standard InChI is InChI=1S/C30H37N5O3S/c1-21(2)35(29(38)24-11-9-22(3)10-12-24)19-28(37)33-30-32-26(20-39-30)17-27(36)31-25-13-15-34(16-14-25)18-23-7-5-4-6-8-23/h4-12,20-21,25H,13-19H2,1-3H3,(H,31,36)(H,32,33,37). The van der Waals surface area contributed by atoms with Gasteiger partial charge in [0.15, 0.2) is 5.13 Å². The maximum absolute atomic E-state index is 13.0. The van der Waals surface area contributed by atoms with Crippen LogP contribution in [0.5, 0.6) is 0 Å². The van der Waals surface area contributed by atoms with Gasteiger partial charge in [0.2, 0.25) is 11.8 Å². The largest absolute Gasteiger partial charge is 0.353 e. The summed E-state index contributed by atoms with van der Waals surface area (Å²) in [4.78, 5) is 46.7. The van der Waals surface area contributed by atoms with Gasteiger partial charge >= 0.3 is 0 Å². The van der Waals surface area contributed by atoms with Gasteiger partial charge in [-0.2, -0.15) is 0 Å². The van der Waals surface area contributed by atoms with Crippen molar-refractivity contribution in [1.29, 1.82) is 0 Å². The summed E-state index contributed by atoms with van der Waals surface area (Å²) >= 11 is 1.28. The van der Waals surface area contributed by atoms with Crippen molar-refractivity contribution in [2.45, 2.75) is 58.7 Å². The molecule has 0 bridgehead atoms. The molecule has 39 heavy (non-hydrogen) atoms. The second-order valence-electron chi connectivity index (χ2n) is 10.4. The number of amides is 3. The minimum absolute atomic E-state index is 0.0608. The molecule has 9 heteroatoms. The molecule has 0 unspecified atom stereocenters. The van der Waals surface area contributed by atoms with Crippen molar-refractivity contribution < 1.29 is 14.4 Å². The first-order chi connectivity index (χ1) is 18.8. The highest BCUT2D eigenvalue weighted by Crippen LogP contribution is 2.18. The number of anilines is 1. The predicted octanol–water partition coefficient (Wildman–Crippen LogP) is 4.26. The third-order valence-electron chi connectivity index (χ3n) is 6.84. The summed E-state index contributed by atoms with van der Waals surface area (Å²) in [5.41, 5.74) is 3.54. The average molecular weight is 548 g/mol. The fourth-order valence-corrected chi connectivity index (χ4v) is 5.36. The van der Waals surface area contributed by atoms with Gasteiger partial charge in [-0.25, -0.2) is 4.98 Å². The van der Waals surface area contributed by atoms with Gasteiger partial charge in [-0.15, -0.1) is 11.3 Å². The van der Waals surface area contributed by atoms with Crippen molar-refractivity contribution in [2.75, 3.05) is 25.0 Å². The number of hydrogen-bond acceptors (Lipinski definition) is 6. The Bertz CT molecular complexity index is 1250. The Balaban J connectivity index is 1.22. The summed E-state index contributed by atoms with van der Waals surface area (Å²) in [6, 6.07) is 17.8. The third-order valence-corrected chi connectivity index (χ3v) is 7.64. The van der Waals surface area contributed by atoms with Crippen LogP contribution < -0.4 is 10.6 Å². The zero-order valence-corrected chi connectivity index (χ0v) is 23.7. The van der Waals surface area contributed by atoms with E-state index in [1.165, 1.54) is 21.8 Å². The first-order valence-electron chi connectivity index (χ1n) is 13.4. The van der Waals surface area contributed by atoms with Gasteiger partial charge in [0.25, 0.3) is 5.91 Å². The number of hydrogen-bond donors (Lipinski definition) is 2. The van der Waals surface area contributed by atoms with Crippen molar-refractivity contribution in [2.24, 2.45) is 0 Å². The quantitative estimate of drug-likeness (QED) is 0.396. The molecule has 1 saturated heterocycles. The number of thiazole rings is 1. The summed E-state index contributed by atoms with van der Waals surface area (Å²) in [5.74, 6) is -0.575. The smallest absolute Gasteiger partial charge is 0.254 e. The molecule has 206 valence electrons. The fourth-order valence-electron chi connectivity index (χ4n) is 4.63. The van der Waals surface area contributed by atoms with Crippen LogP contribution in [0.4, 0.5) is 5.13 Å². The predicted molar refractivity (Wildman–Crippen MR) is 155 cm³/mol. The van der Waals surface area contributed by atoms with E-state index in [0.717, 1.165) is 38.0 Å². The third kappa shape index (κ3) is 8.46. The summed E-state index contributed by atoms with van der Waals surface area (Å²) in [7, 11) is 0. The van der Waals surface area contributed by atoms with Gasteiger partial charge < -0.3 is 15.5 Å². The molecule has 1 aliphatic rings. The van der Waals surface area contributed by atoms with E-state index in [4.69, 9.17) is 0 Å².